The molecule has 1 N–H and O–H groups in total. The minimum atomic E-state index is -0.171. The molecule has 0 amide bonds. The Morgan fingerprint density at radius 3 is 2.67 bits per heavy atom. The molecule has 1 aromatic carbocycles. The van der Waals surface area contributed by atoms with Gasteiger partial charge in [-0.2, -0.15) is 12.6 Å². The van der Waals surface area contributed by atoms with Crippen molar-refractivity contribution in [2.75, 3.05) is 7.05 Å². The summed E-state index contributed by atoms with van der Waals surface area (Å²) in [5.41, 5.74) is 1.64. The van der Waals surface area contributed by atoms with Gasteiger partial charge in [-0.05, 0) is 31.2 Å². The second-order valence-electron chi connectivity index (χ2n) is 2.70. The molecule has 12 heavy (non-hydrogen) atoms. The van der Waals surface area contributed by atoms with Crippen molar-refractivity contribution in [3.8, 4) is 0 Å². The Balaban J connectivity index is 2.96. The molecule has 66 valence electrons. The van der Waals surface area contributed by atoms with Crippen LogP contribution in [-0.2, 0) is 0 Å². The quantitative estimate of drug-likeness (QED) is 0.532. The minimum Gasteiger partial charge on any atom is -0.305 e. The van der Waals surface area contributed by atoms with Gasteiger partial charge in [0.2, 0.25) is 0 Å². The van der Waals surface area contributed by atoms with Crippen molar-refractivity contribution in [3.05, 3.63) is 35.1 Å². The van der Waals surface area contributed by atoms with Gasteiger partial charge < -0.3 is 5.32 Å². The first-order chi connectivity index (χ1) is 5.65. The molecule has 1 nitrogen and oxygen atoms in total. The molecule has 0 saturated carbocycles. The number of nitrogens with one attached hydrogen (secondary N) is 1. The van der Waals surface area contributed by atoms with Crippen molar-refractivity contribution in [2.45, 2.75) is 12.3 Å². The Kier molecular flexibility index (Phi) is 3.12. The smallest absolute Gasteiger partial charge is 0.126 e. The van der Waals surface area contributed by atoms with E-state index in [1.165, 1.54) is 6.07 Å². The summed E-state index contributed by atoms with van der Waals surface area (Å²) in [5, 5.41) is 2.95. The highest BCUT2D eigenvalue weighted by Gasteiger charge is 2.04. The maximum atomic E-state index is 12.8. The van der Waals surface area contributed by atoms with Crippen LogP contribution in [0.5, 0.6) is 0 Å². The Morgan fingerprint density at radius 1 is 1.50 bits per heavy atom. The standard InChI is InChI=1S/C9H12FNS/c1-6-5-7(9(12)11-2)3-4-8(6)10/h3-5,9,11-12H,1-2H3. The van der Waals surface area contributed by atoms with Crippen molar-refractivity contribution in [1.82, 2.24) is 5.32 Å². The largest absolute Gasteiger partial charge is 0.305 e. The first-order valence-corrected chi connectivity index (χ1v) is 4.28. The van der Waals surface area contributed by atoms with E-state index in [-0.39, 0.29) is 11.2 Å². The first-order valence-electron chi connectivity index (χ1n) is 3.76. The molecule has 0 aliphatic rings. The number of halogens is 1. The fourth-order valence-corrected chi connectivity index (χ4v) is 1.17. The Bertz CT molecular complexity index is 275. The fraction of sp³-hybridized carbons (Fsp3) is 0.333. The third kappa shape index (κ3) is 1.99. The maximum Gasteiger partial charge on any atom is 0.126 e. The molecule has 0 aliphatic carbocycles. The molecule has 1 aromatic rings. The number of hydrogen-bond donors (Lipinski definition) is 2. The molecule has 0 heterocycles. The van der Waals surface area contributed by atoms with Crippen LogP contribution in [-0.4, -0.2) is 7.05 Å². The van der Waals surface area contributed by atoms with E-state index in [1.807, 2.05) is 7.05 Å². The minimum absolute atomic E-state index is 0.0238. The summed E-state index contributed by atoms with van der Waals surface area (Å²) in [6.45, 7) is 1.75. The number of hydrogen-bond acceptors (Lipinski definition) is 2. The lowest BCUT2D eigenvalue weighted by atomic mass is 10.1. The van der Waals surface area contributed by atoms with E-state index in [4.69, 9.17) is 0 Å². The molecule has 0 fully saturated rings. The van der Waals surface area contributed by atoms with E-state index in [0.717, 1.165) is 5.56 Å². The molecule has 0 aromatic heterocycles. The SMILES string of the molecule is CNC(S)c1ccc(F)c(C)c1. The topological polar surface area (TPSA) is 12.0 Å². The van der Waals surface area contributed by atoms with Gasteiger partial charge in [-0.15, -0.1) is 0 Å². The summed E-state index contributed by atoms with van der Waals surface area (Å²) >= 11 is 4.27. The second-order valence-corrected chi connectivity index (χ2v) is 3.22. The van der Waals surface area contributed by atoms with Crippen LogP contribution in [0.4, 0.5) is 4.39 Å². The van der Waals surface area contributed by atoms with Crippen LogP contribution in [0.1, 0.15) is 16.5 Å². The zero-order valence-corrected chi connectivity index (χ0v) is 8.03. The average molecular weight is 185 g/mol. The van der Waals surface area contributed by atoms with E-state index in [9.17, 15) is 4.39 Å². The Morgan fingerprint density at radius 2 is 2.17 bits per heavy atom. The van der Waals surface area contributed by atoms with Crippen molar-refractivity contribution in [3.63, 3.8) is 0 Å². The highest BCUT2D eigenvalue weighted by molar-refractivity contribution is 7.80. The summed E-state index contributed by atoms with van der Waals surface area (Å²) < 4.78 is 12.8. The summed E-state index contributed by atoms with van der Waals surface area (Å²) in [7, 11) is 1.82. The molecule has 1 rings (SSSR count). The molecular weight excluding hydrogens is 173 g/mol. The molecular formula is C9H12FNS. The summed E-state index contributed by atoms with van der Waals surface area (Å²) in [4.78, 5) is 0. The second kappa shape index (κ2) is 3.92. The van der Waals surface area contributed by atoms with Gasteiger partial charge >= 0.3 is 0 Å². The number of benzene rings is 1. The van der Waals surface area contributed by atoms with E-state index in [1.54, 1.807) is 19.1 Å². The lowest BCUT2D eigenvalue weighted by Gasteiger charge is -2.10. The molecule has 0 bridgehead atoms. The summed E-state index contributed by atoms with van der Waals surface area (Å²) in [6, 6.07) is 4.99. The van der Waals surface area contributed by atoms with Gasteiger partial charge in [-0.25, -0.2) is 4.39 Å². The monoisotopic (exact) mass is 185 g/mol. The van der Waals surface area contributed by atoms with Crippen LogP contribution in [0.2, 0.25) is 0 Å². The van der Waals surface area contributed by atoms with Gasteiger partial charge in [-0.1, -0.05) is 12.1 Å². The average Bonchev–Trinajstić information content (AvgIpc) is 2.08. The lowest BCUT2D eigenvalue weighted by Crippen LogP contribution is -2.10. The van der Waals surface area contributed by atoms with Crippen LogP contribution in [0.15, 0.2) is 18.2 Å². The Hall–Kier alpha value is -0.540. The third-order valence-electron chi connectivity index (χ3n) is 1.77. The van der Waals surface area contributed by atoms with Crippen molar-refractivity contribution in [2.24, 2.45) is 0 Å². The zero-order valence-electron chi connectivity index (χ0n) is 7.13. The van der Waals surface area contributed by atoms with Gasteiger partial charge in [0.15, 0.2) is 0 Å². The molecule has 0 spiro atoms. The van der Waals surface area contributed by atoms with Crippen LogP contribution >= 0.6 is 12.6 Å². The zero-order chi connectivity index (χ0) is 9.14. The lowest BCUT2D eigenvalue weighted by molar-refractivity contribution is 0.616. The molecule has 0 radical (unpaired) electrons. The van der Waals surface area contributed by atoms with Gasteiger partial charge in [-0.3, -0.25) is 0 Å². The predicted molar refractivity (Wildman–Crippen MR) is 51.9 cm³/mol. The van der Waals surface area contributed by atoms with Crippen LogP contribution < -0.4 is 5.32 Å². The fourth-order valence-electron chi connectivity index (χ4n) is 1.00. The van der Waals surface area contributed by atoms with Crippen LogP contribution in [0.3, 0.4) is 0 Å². The normalized spacial score (nSPS) is 13.0. The van der Waals surface area contributed by atoms with Gasteiger partial charge in [0, 0.05) is 0 Å². The molecule has 3 heteroatoms. The number of thiol groups is 1. The maximum absolute atomic E-state index is 12.8. The first kappa shape index (κ1) is 9.55. The summed E-state index contributed by atoms with van der Waals surface area (Å²) in [5.74, 6) is -0.171. The third-order valence-corrected chi connectivity index (χ3v) is 2.33. The van der Waals surface area contributed by atoms with E-state index in [0.29, 0.717) is 5.56 Å². The predicted octanol–water partition coefficient (Wildman–Crippen LogP) is 2.28. The number of rotatable bonds is 2. The van der Waals surface area contributed by atoms with Crippen LogP contribution in [0.25, 0.3) is 0 Å². The van der Waals surface area contributed by atoms with Gasteiger partial charge in [0.25, 0.3) is 0 Å². The molecule has 1 atom stereocenters. The van der Waals surface area contributed by atoms with Crippen molar-refractivity contribution in [1.29, 1.82) is 0 Å². The number of aryl methyl sites for hydroxylation is 1. The molecule has 1 unspecified atom stereocenters. The van der Waals surface area contributed by atoms with Gasteiger partial charge in [0.1, 0.15) is 5.82 Å². The van der Waals surface area contributed by atoms with E-state index >= 15 is 0 Å². The van der Waals surface area contributed by atoms with E-state index in [2.05, 4.69) is 17.9 Å². The summed E-state index contributed by atoms with van der Waals surface area (Å²) in [6.07, 6.45) is 0. The van der Waals surface area contributed by atoms with Crippen LogP contribution in [0, 0.1) is 12.7 Å². The highest BCUT2D eigenvalue weighted by Crippen LogP contribution is 2.18. The van der Waals surface area contributed by atoms with E-state index < -0.39 is 0 Å². The Labute approximate surface area is 77.4 Å². The molecule has 0 saturated heterocycles. The van der Waals surface area contributed by atoms with Crippen molar-refractivity contribution < 1.29 is 4.39 Å². The van der Waals surface area contributed by atoms with Crippen molar-refractivity contribution >= 4 is 12.6 Å². The van der Waals surface area contributed by atoms with Gasteiger partial charge in [0.05, 0.1) is 5.37 Å². The highest BCUT2D eigenvalue weighted by atomic mass is 32.1. The molecule has 0 aliphatic heterocycles.